The maximum atomic E-state index is 13.3. The highest BCUT2D eigenvalue weighted by atomic mass is 32.2. The molecule has 8 heteroatoms. The van der Waals surface area contributed by atoms with Crippen LogP contribution in [-0.2, 0) is 9.84 Å². The van der Waals surface area contributed by atoms with Gasteiger partial charge in [-0.15, -0.1) is 0 Å². The maximum Gasteiger partial charge on any atom is 0.254 e. The summed E-state index contributed by atoms with van der Waals surface area (Å²) in [6.07, 6.45) is 1.92. The van der Waals surface area contributed by atoms with Gasteiger partial charge in [-0.2, -0.15) is 4.39 Å². The molecule has 1 N–H and O–H groups in total. The Kier molecular flexibility index (Phi) is 3.79. The van der Waals surface area contributed by atoms with Gasteiger partial charge in [0.15, 0.2) is 15.7 Å². The molecule has 1 aromatic rings. The van der Waals surface area contributed by atoms with Gasteiger partial charge in [-0.25, -0.2) is 17.8 Å². The lowest BCUT2D eigenvalue weighted by Gasteiger charge is -2.23. The molecule has 0 radical (unpaired) electrons. The number of halogens is 2. The first kappa shape index (κ1) is 13.9. The number of carbonyl (C=O) groups is 1. The molecule has 1 saturated heterocycles. The molecule has 1 aromatic heterocycles. The van der Waals surface area contributed by atoms with Crippen molar-refractivity contribution in [1.29, 1.82) is 0 Å². The minimum absolute atomic E-state index is 0.0949. The fraction of sp³-hybridized carbons (Fsp3) is 0.455. The molecule has 0 saturated carbocycles. The molecule has 19 heavy (non-hydrogen) atoms. The average Bonchev–Trinajstić information content (AvgIpc) is 2.31. The maximum absolute atomic E-state index is 13.3. The number of rotatable bonds is 2. The van der Waals surface area contributed by atoms with Crippen LogP contribution in [0.2, 0.25) is 0 Å². The van der Waals surface area contributed by atoms with Crippen LogP contribution in [0.4, 0.5) is 8.78 Å². The Morgan fingerprint density at radius 1 is 1.42 bits per heavy atom. The Bertz CT molecular complexity index is 604. The van der Waals surface area contributed by atoms with Crippen molar-refractivity contribution in [2.24, 2.45) is 0 Å². The lowest BCUT2D eigenvalue weighted by atomic mass is 10.1. The van der Waals surface area contributed by atoms with E-state index in [0.29, 0.717) is 12.8 Å². The van der Waals surface area contributed by atoms with Crippen molar-refractivity contribution in [3.63, 3.8) is 0 Å². The number of amides is 1. The van der Waals surface area contributed by atoms with Gasteiger partial charge in [0.2, 0.25) is 5.95 Å². The van der Waals surface area contributed by atoms with E-state index in [2.05, 4.69) is 10.3 Å². The predicted molar refractivity (Wildman–Crippen MR) is 63.3 cm³/mol. The fourth-order valence-corrected chi connectivity index (χ4v) is 3.63. The second-order valence-electron chi connectivity index (χ2n) is 4.39. The summed E-state index contributed by atoms with van der Waals surface area (Å²) in [4.78, 5) is 14.8. The van der Waals surface area contributed by atoms with Crippen LogP contribution in [0.5, 0.6) is 0 Å². The molecule has 0 spiro atoms. The number of hydrogen-bond donors (Lipinski definition) is 1. The second-order valence-corrected chi connectivity index (χ2v) is 6.62. The zero-order valence-corrected chi connectivity index (χ0v) is 10.7. The van der Waals surface area contributed by atoms with E-state index in [1.54, 1.807) is 0 Å². The third kappa shape index (κ3) is 3.25. The van der Waals surface area contributed by atoms with Gasteiger partial charge < -0.3 is 5.32 Å². The van der Waals surface area contributed by atoms with Crippen LogP contribution in [0.15, 0.2) is 12.3 Å². The Balaban J connectivity index is 2.11. The Labute approximate surface area is 109 Å². The molecule has 5 nitrogen and oxygen atoms in total. The number of nitrogens with zero attached hydrogens (tertiary/aromatic N) is 1. The van der Waals surface area contributed by atoms with Gasteiger partial charge in [-0.1, -0.05) is 0 Å². The minimum Gasteiger partial charge on any atom is -0.348 e. The number of carbonyl (C=O) groups excluding carboxylic acids is 1. The van der Waals surface area contributed by atoms with Crippen molar-refractivity contribution >= 4 is 15.7 Å². The quantitative estimate of drug-likeness (QED) is 0.812. The van der Waals surface area contributed by atoms with Crippen molar-refractivity contribution in [3.8, 4) is 0 Å². The van der Waals surface area contributed by atoms with E-state index < -0.39 is 39.1 Å². The van der Waals surface area contributed by atoms with Crippen molar-refractivity contribution < 1.29 is 22.0 Å². The van der Waals surface area contributed by atoms with Crippen molar-refractivity contribution in [2.45, 2.75) is 18.9 Å². The summed E-state index contributed by atoms with van der Waals surface area (Å²) in [5, 5.41) is 2.41. The molecule has 0 bridgehead atoms. The van der Waals surface area contributed by atoms with E-state index in [1.165, 1.54) is 0 Å². The smallest absolute Gasteiger partial charge is 0.254 e. The van der Waals surface area contributed by atoms with E-state index in [4.69, 9.17) is 0 Å². The van der Waals surface area contributed by atoms with Crippen LogP contribution in [0, 0.1) is 11.8 Å². The summed E-state index contributed by atoms with van der Waals surface area (Å²) in [7, 11) is -3.17. The highest BCUT2D eigenvalue weighted by molar-refractivity contribution is 7.91. The van der Waals surface area contributed by atoms with Crippen molar-refractivity contribution in [2.75, 3.05) is 11.5 Å². The van der Waals surface area contributed by atoms with Crippen LogP contribution in [0.3, 0.4) is 0 Å². The summed E-state index contributed by atoms with van der Waals surface area (Å²) in [5.74, 6) is -3.60. The molecule has 0 aliphatic carbocycles. The van der Waals surface area contributed by atoms with Crippen molar-refractivity contribution in [1.82, 2.24) is 10.3 Å². The molecule has 1 amide bonds. The normalized spacial score (nSPS) is 21.9. The molecular formula is C11H12F2N2O3S. The molecule has 2 rings (SSSR count). The predicted octanol–water partition coefficient (Wildman–Crippen LogP) is 0.667. The fourth-order valence-electron chi connectivity index (χ4n) is 1.99. The van der Waals surface area contributed by atoms with Crippen molar-refractivity contribution in [3.05, 3.63) is 29.6 Å². The van der Waals surface area contributed by atoms with Gasteiger partial charge in [-0.3, -0.25) is 4.79 Å². The standard InChI is InChI=1S/C11H12F2N2O3S/c12-9-8(3-4-14-10(9)13)11(16)15-7-2-1-5-19(17,18)6-7/h3-4,7H,1-2,5-6H2,(H,15,16). The molecule has 1 aliphatic heterocycles. The first-order valence-corrected chi connectivity index (χ1v) is 7.52. The first-order chi connectivity index (χ1) is 8.89. The number of aromatic nitrogens is 1. The van der Waals surface area contributed by atoms with E-state index >= 15 is 0 Å². The van der Waals surface area contributed by atoms with Crippen LogP contribution in [0.1, 0.15) is 23.2 Å². The molecule has 1 fully saturated rings. The zero-order chi connectivity index (χ0) is 14.0. The molecule has 1 aliphatic rings. The number of nitrogens with one attached hydrogen (secondary N) is 1. The lowest BCUT2D eigenvalue weighted by Crippen LogP contribution is -2.43. The minimum atomic E-state index is -3.17. The Morgan fingerprint density at radius 3 is 2.84 bits per heavy atom. The van der Waals surface area contributed by atoms with Gasteiger partial charge in [-0.05, 0) is 18.9 Å². The van der Waals surface area contributed by atoms with Gasteiger partial charge in [0.1, 0.15) is 0 Å². The molecule has 1 atom stereocenters. The number of hydrogen-bond acceptors (Lipinski definition) is 4. The van der Waals surface area contributed by atoms with E-state index in [1.807, 2.05) is 0 Å². The Hall–Kier alpha value is -1.57. The molecule has 1 unspecified atom stereocenters. The number of sulfone groups is 1. The molecule has 104 valence electrons. The average molecular weight is 290 g/mol. The van der Waals surface area contributed by atoms with Gasteiger partial charge in [0, 0.05) is 12.2 Å². The summed E-state index contributed by atoms with van der Waals surface area (Å²) in [5.41, 5.74) is -0.476. The SMILES string of the molecule is O=C(NC1CCCS(=O)(=O)C1)c1ccnc(F)c1F. The van der Waals surface area contributed by atoms with Crippen LogP contribution in [-0.4, -0.2) is 36.9 Å². The Morgan fingerprint density at radius 2 is 2.16 bits per heavy atom. The first-order valence-electron chi connectivity index (χ1n) is 5.70. The van der Waals surface area contributed by atoms with Crippen LogP contribution < -0.4 is 5.32 Å². The monoisotopic (exact) mass is 290 g/mol. The molecule has 0 aromatic carbocycles. The molecule has 2 heterocycles. The summed E-state index contributed by atoms with van der Waals surface area (Å²) in [6, 6.07) is 0.479. The summed E-state index contributed by atoms with van der Waals surface area (Å²) in [6.45, 7) is 0. The van der Waals surface area contributed by atoms with Gasteiger partial charge >= 0.3 is 0 Å². The number of pyridine rings is 1. The zero-order valence-electron chi connectivity index (χ0n) is 9.90. The highest BCUT2D eigenvalue weighted by Gasteiger charge is 2.27. The van der Waals surface area contributed by atoms with E-state index in [-0.39, 0.29) is 11.5 Å². The second kappa shape index (κ2) is 5.20. The molecular weight excluding hydrogens is 278 g/mol. The third-order valence-electron chi connectivity index (χ3n) is 2.89. The highest BCUT2D eigenvalue weighted by Crippen LogP contribution is 2.14. The third-order valence-corrected chi connectivity index (χ3v) is 4.71. The topological polar surface area (TPSA) is 76.1 Å². The van der Waals surface area contributed by atoms with E-state index in [0.717, 1.165) is 12.3 Å². The largest absolute Gasteiger partial charge is 0.348 e. The van der Waals surface area contributed by atoms with Crippen LogP contribution in [0.25, 0.3) is 0 Å². The summed E-state index contributed by atoms with van der Waals surface area (Å²) < 4.78 is 49.0. The summed E-state index contributed by atoms with van der Waals surface area (Å²) >= 11 is 0. The lowest BCUT2D eigenvalue weighted by molar-refractivity contribution is 0.0932. The van der Waals surface area contributed by atoms with Gasteiger partial charge in [0.05, 0.1) is 17.1 Å². The van der Waals surface area contributed by atoms with E-state index in [9.17, 15) is 22.0 Å². The van der Waals surface area contributed by atoms with Gasteiger partial charge in [0.25, 0.3) is 5.91 Å². The van der Waals surface area contributed by atoms with Crippen LogP contribution >= 0.6 is 0 Å².